The van der Waals surface area contributed by atoms with Crippen molar-refractivity contribution in [3.63, 3.8) is 0 Å². The molecule has 150 valence electrons. The summed E-state index contributed by atoms with van der Waals surface area (Å²) in [6.45, 7) is -1.56. The lowest BCUT2D eigenvalue weighted by molar-refractivity contribution is -0.407. The molecule has 25 heavy (non-hydrogen) atoms. The first kappa shape index (κ1) is 23.6. The Hall–Kier alpha value is -1.41. The number of ether oxygens (including phenoxy) is 1. The van der Waals surface area contributed by atoms with Crippen LogP contribution in [0.4, 0.5) is 52.7 Å². The van der Waals surface area contributed by atoms with Crippen LogP contribution in [0.25, 0.3) is 0 Å². The van der Waals surface area contributed by atoms with E-state index in [4.69, 9.17) is 0 Å². The maximum atomic E-state index is 13.2. The third-order valence-corrected chi connectivity index (χ3v) is 2.75. The van der Waals surface area contributed by atoms with Crippen LogP contribution in [0.3, 0.4) is 0 Å². The van der Waals surface area contributed by atoms with E-state index in [1.165, 1.54) is 0 Å². The van der Waals surface area contributed by atoms with Gasteiger partial charge in [-0.3, -0.25) is 4.79 Å². The number of amides is 1. The summed E-state index contributed by atoms with van der Waals surface area (Å²) in [4.78, 5) is 10.8. The minimum Gasteiger partial charge on any atom is -0.383 e. The molecular formula is C10H9F12NO2. The Morgan fingerprint density at radius 3 is 1.68 bits per heavy atom. The Kier molecular flexibility index (Phi) is 6.67. The van der Waals surface area contributed by atoms with E-state index in [0.717, 1.165) is 12.4 Å². The van der Waals surface area contributed by atoms with Gasteiger partial charge >= 0.3 is 36.0 Å². The summed E-state index contributed by atoms with van der Waals surface area (Å²) < 4.78 is 157. The van der Waals surface area contributed by atoms with E-state index < -0.39 is 55.1 Å². The molecule has 0 saturated heterocycles. The minimum atomic E-state index is -7.72. The molecule has 0 radical (unpaired) electrons. The summed E-state index contributed by atoms with van der Waals surface area (Å²) in [5.74, 6) is -39.8. The molecule has 0 rings (SSSR count). The standard InChI is InChI=1S/C10H9F12NO2/c1-25-3-2-23-5(24)7(15,16)9(19,20)10(21,22)8(17,18)6(13,14)4(11)12/h4H,2-3H2,1H3,(H,23,24). The zero-order valence-electron chi connectivity index (χ0n) is 11.8. The second-order valence-corrected chi connectivity index (χ2v) is 4.47. The fraction of sp³-hybridized carbons (Fsp3) is 0.900. The smallest absolute Gasteiger partial charge is 0.383 e. The van der Waals surface area contributed by atoms with Crippen molar-refractivity contribution in [3.8, 4) is 0 Å². The van der Waals surface area contributed by atoms with Crippen LogP contribution >= 0.6 is 0 Å². The van der Waals surface area contributed by atoms with Gasteiger partial charge in [-0.15, -0.1) is 0 Å². The summed E-state index contributed by atoms with van der Waals surface area (Å²) in [6, 6.07) is 0. The molecule has 0 fully saturated rings. The van der Waals surface area contributed by atoms with Gasteiger partial charge in [0, 0.05) is 13.7 Å². The van der Waals surface area contributed by atoms with Crippen molar-refractivity contribution in [1.29, 1.82) is 0 Å². The first-order valence-corrected chi connectivity index (χ1v) is 5.87. The minimum absolute atomic E-state index is 0.594. The van der Waals surface area contributed by atoms with E-state index in [1.54, 1.807) is 0 Å². The van der Waals surface area contributed by atoms with Crippen molar-refractivity contribution >= 4 is 5.91 Å². The highest BCUT2D eigenvalue weighted by Gasteiger charge is 2.89. The van der Waals surface area contributed by atoms with Gasteiger partial charge in [-0.05, 0) is 0 Å². The molecular weight excluding hydrogens is 394 g/mol. The molecule has 1 amide bonds. The fourth-order valence-electron chi connectivity index (χ4n) is 1.26. The van der Waals surface area contributed by atoms with E-state index in [9.17, 15) is 57.5 Å². The monoisotopic (exact) mass is 403 g/mol. The Morgan fingerprint density at radius 2 is 1.32 bits per heavy atom. The molecule has 0 bridgehead atoms. The lowest BCUT2D eigenvalue weighted by Gasteiger charge is -2.38. The number of methoxy groups -OCH3 is 1. The normalized spacial score (nSPS) is 14.8. The summed E-state index contributed by atoms with van der Waals surface area (Å²) in [5.41, 5.74) is 0. The van der Waals surface area contributed by atoms with Crippen molar-refractivity contribution in [1.82, 2.24) is 5.32 Å². The number of carbonyl (C=O) groups excluding carboxylic acids is 1. The molecule has 0 aliphatic heterocycles. The second kappa shape index (κ2) is 7.07. The van der Waals surface area contributed by atoms with Gasteiger partial charge in [-0.25, -0.2) is 8.78 Å². The summed E-state index contributed by atoms with van der Waals surface area (Å²) in [7, 11) is 0.944. The number of halogens is 12. The first-order chi connectivity index (χ1) is 10.9. The summed E-state index contributed by atoms with van der Waals surface area (Å²) in [5, 5.41) is 0.907. The zero-order chi connectivity index (χ0) is 20.5. The molecule has 0 heterocycles. The molecule has 1 N–H and O–H groups in total. The molecule has 0 atom stereocenters. The molecule has 0 unspecified atom stereocenters. The lowest BCUT2D eigenvalue weighted by Crippen LogP contribution is -2.70. The van der Waals surface area contributed by atoms with Crippen molar-refractivity contribution in [3.05, 3.63) is 0 Å². The van der Waals surface area contributed by atoms with Gasteiger partial charge in [0.15, 0.2) is 0 Å². The average Bonchev–Trinajstić information content (AvgIpc) is 2.46. The highest BCUT2D eigenvalue weighted by molar-refractivity contribution is 5.84. The van der Waals surface area contributed by atoms with Gasteiger partial charge in [0.05, 0.1) is 6.61 Å². The maximum absolute atomic E-state index is 13.2. The topological polar surface area (TPSA) is 38.3 Å². The number of rotatable bonds is 9. The third kappa shape index (κ3) is 3.60. The number of nitrogens with one attached hydrogen (secondary N) is 1. The van der Waals surface area contributed by atoms with E-state index in [-0.39, 0.29) is 0 Å². The molecule has 0 saturated carbocycles. The van der Waals surface area contributed by atoms with Crippen molar-refractivity contribution in [2.75, 3.05) is 20.3 Å². The van der Waals surface area contributed by atoms with Crippen LogP contribution in [-0.4, -0.2) is 62.2 Å². The third-order valence-electron chi connectivity index (χ3n) is 2.75. The van der Waals surface area contributed by atoms with Crippen LogP contribution in [-0.2, 0) is 9.53 Å². The van der Waals surface area contributed by atoms with Gasteiger partial charge in [0.1, 0.15) is 0 Å². The highest BCUT2D eigenvalue weighted by atomic mass is 19.4. The zero-order valence-corrected chi connectivity index (χ0v) is 11.8. The largest absolute Gasteiger partial charge is 0.392 e. The van der Waals surface area contributed by atoms with Gasteiger partial charge in [-0.1, -0.05) is 0 Å². The molecule has 0 aromatic carbocycles. The average molecular weight is 403 g/mol. The molecule has 3 nitrogen and oxygen atoms in total. The van der Waals surface area contributed by atoms with Gasteiger partial charge in [0.25, 0.3) is 5.91 Å². The molecule has 0 aromatic heterocycles. The van der Waals surface area contributed by atoms with Crippen molar-refractivity contribution in [2.24, 2.45) is 0 Å². The Bertz CT molecular complexity index is 479. The number of alkyl halides is 12. The van der Waals surface area contributed by atoms with Crippen LogP contribution in [0.15, 0.2) is 0 Å². The SMILES string of the molecule is COCCNC(=O)C(F)(F)C(F)(F)C(F)(F)C(F)(F)C(F)(F)C(F)F. The molecule has 0 spiro atoms. The van der Waals surface area contributed by atoms with Crippen LogP contribution < -0.4 is 5.32 Å². The Labute approximate surface area is 131 Å². The highest BCUT2D eigenvalue weighted by Crippen LogP contribution is 2.58. The van der Waals surface area contributed by atoms with Gasteiger partial charge in [0.2, 0.25) is 0 Å². The van der Waals surface area contributed by atoms with E-state index in [0.29, 0.717) is 0 Å². The first-order valence-electron chi connectivity index (χ1n) is 5.87. The van der Waals surface area contributed by atoms with Crippen molar-refractivity contribution in [2.45, 2.75) is 36.0 Å². The number of hydrogen-bond donors (Lipinski definition) is 1. The Morgan fingerprint density at radius 1 is 0.880 bits per heavy atom. The fourth-order valence-corrected chi connectivity index (χ4v) is 1.26. The predicted octanol–water partition coefficient (Wildman–Crippen LogP) is 3.19. The van der Waals surface area contributed by atoms with E-state index >= 15 is 0 Å². The second-order valence-electron chi connectivity index (χ2n) is 4.47. The maximum Gasteiger partial charge on any atom is 0.392 e. The van der Waals surface area contributed by atoms with Crippen LogP contribution in [0.2, 0.25) is 0 Å². The molecule has 0 aromatic rings. The van der Waals surface area contributed by atoms with Crippen LogP contribution in [0.5, 0.6) is 0 Å². The number of hydrogen-bond acceptors (Lipinski definition) is 2. The van der Waals surface area contributed by atoms with Crippen LogP contribution in [0.1, 0.15) is 0 Å². The van der Waals surface area contributed by atoms with E-state index in [1.807, 2.05) is 0 Å². The summed E-state index contributed by atoms with van der Waals surface area (Å²) in [6.07, 6.45) is -5.59. The Balaban J connectivity index is 5.90. The molecule has 15 heteroatoms. The molecule has 0 aliphatic rings. The van der Waals surface area contributed by atoms with Gasteiger partial charge < -0.3 is 10.1 Å². The van der Waals surface area contributed by atoms with Crippen LogP contribution in [0, 0.1) is 0 Å². The summed E-state index contributed by atoms with van der Waals surface area (Å²) >= 11 is 0. The lowest BCUT2D eigenvalue weighted by atomic mass is 9.94. The van der Waals surface area contributed by atoms with Crippen molar-refractivity contribution < 1.29 is 62.2 Å². The van der Waals surface area contributed by atoms with E-state index in [2.05, 4.69) is 4.74 Å². The molecule has 0 aliphatic carbocycles. The van der Waals surface area contributed by atoms with Gasteiger partial charge in [-0.2, -0.15) is 43.9 Å². The predicted molar refractivity (Wildman–Crippen MR) is 55.6 cm³/mol. The number of carbonyl (C=O) groups is 1. The quantitative estimate of drug-likeness (QED) is 0.475.